The van der Waals surface area contributed by atoms with Crippen LogP contribution >= 0.6 is 0 Å². The third-order valence-electron chi connectivity index (χ3n) is 3.28. The van der Waals surface area contributed by atoms with Crippen LogP contribution in [0.5, 0.6) is 0 Å². The lowest BCUT2D eigenvalue weighted by Crippen LogP contribution is -2.17. The molecule has 2 rings (SSSR count). The Morgan fingerprint density at radius 3 is 2.22 bits per heavy atom. The number of amides is 1. The first-order valence-electron chi connectivity index (χ1n) is 7.22. The SMILES string of the molecule is CN(C)c1ccc(NC(=O)CCNc2c(F)cccc2F)cc1. The molecule has 0 saturated heterocycles. The van der Waals surface area contributed by atoms with Crippen molar-refractivity contribution in [1.29, 1.82) is 0 Å². The summed E-state index contributed by atoms with van der Waals surface area (Å²) >= 11 is 0. The number of carbonyl (C=O) groups is 1. The van der Waals surface area contributed by atoms with Crippen LogP contribution in [0.25, 0.3) is 0 Å². The maximum atomic E-state index is 13.4. The summed E-state index contributed by atoms with van der Waals surface area (Å²) in [6.45, 7) is 0.138. The molecular weight excluding hydrogens is 300 g/mol. The molecule has 0 bridgehead atoms. The zero-order valence-corrected chi connectivity index (χ0v) is 13.1. The minimum Gasteiger partial charge on any atom is -0.380 e. The van der Waals surface area contributed by atoms with Crippen molar-refractivity contribution in [3.8, 4) is 0 Å². The Hall–Kier alpha value is -2.63. The second kappa shape index (κ2) is 7.58. The van der Waals surface area contributed by atoms with Gasteiger partial charge in [0.15, 0.2) is 0 Å². The standard InChI is InChI=1S/C17H19F2N3O/c1-22(2)13-8-6-12(7-9-13)21-16(23)10-11-20-17-14(18)4-3-5-15(17)19/h3-9,20H,10-11H2,1-2H3,(H,21,23). The van der Waals surface area contributed by atoms with Crippen molar-refractivity contribution >= 4 is 23.0 Å². The summed E-state index contributed by atoms with van der Waals surface area (Å²) in [7, 11) is 3.86. The fraction of sp³-hybridized carbons (Fsp3) is 0.235. The third kappa shape index (κ3) is 4.67. The molecule has 0 unspecified atom stereocenters. The van der Waals surface area contributed by atoms with Gasteiger partial charge in [0.1, 0.15) is 17.3 Å². The molecule has 122 valence electrons. The van der Waals surface area contributed by atoms with Gasteiger partial charge in [0.05, 0.1) is 0 Å². The summed E-state index contributed by atoms with van der Waals surface area (Å²) < 4.78 is 26.8. The molecule has 23 heavy (non-hydrogen) atoms. The van der Waals surface area contributed by atoms with Gasteiger partial charge < -0.3 is 15.5 Å². The Morgan fingerprint density at radius 1 is 1.04 bits per heavy atom. The van der Waals surface area contributed by atoms with E-state index in [1.54, 1.807) is 12.1 Å². The molecule has 0 aliphatic carbocycles. The van der Waals surface area contributed by atoms with Crippen LogP contribution in [0, 0.1) is 11.6 Å². The van der Waals surface area contributed by atoms with Crippen LogP contribution in [0.15, 0.2) is 42.5 Å². The van der Waals surface area contributed by atoms with Gasteiger partial charge >= 0.3 is 0 Å². The molecule has 0 aliphatic heterocycles. The second-order valence-electron chi connectivity index (χ2n) is 5.26. The average molecular weight is 319 g/mol. The first-order chi connectivity index (χ1) is 11.0. The van der Waals surface area contributed by atoms with Crippen LogP contribution in [0.4, 0.5) is 25.8 Å². The van der Waals surface area contributed by atoms with E-state index in [0.29, 0.717) is 5.69 Å². The molecule has 2 aromatic rings. The normalized spacial score (nSPS) is 10.3. The van der Waals surface area contributed by atoms with E-state index >= 15 is 0 Å². The first kappa shape index (κ1) is 16.7. The summed E-state index contributed by atoms with van der Waals surface area (Å²) in [6.07, 6.45) is 0.100. The highest BCUT2D eigenvalue weighted by molar-refractivity contribution is 5.91. The van der Waals surface area contributed by atoms with Gasteiger partial charge in [0.25, 0.3) is 0 Å². The largest absolute Gasteiger partial charge is 0.380 e. The fourth-order valence-electron chi connectivity index (χ4n) is 2.03. The molecule has 1 amide bonds. The number of rotatable bonds is 6. The molecular formula is C17H19F2N3O. The maximum Gasteiger partial charge on any atom is 0.226 e. The van der Waals surface area contributed by atoms with Crippen molar-refractivity contribution in [2.75, 3.05) is 36.2 Å². The lowest BCUT2D eigenvalue weighted by Gasteiger charge is -2.13. The summed E-state index contributed by atoms with van der Waals surface area (Å²) in [5.74, 6) is -1.58. The van der Waals surface area contributed by atoms with E-state index in [4.69, 9.17) is 0 Å². The molecule has 4 nitrogen and oxygen atoms in total. The predicted molar refractivity (Wildman–Crippen MR) is 88.9 cm³/mol. The minimum absolute atomic E-state index is 0.100. The summed E-state index contributed by atoms with van der Waals surface area (Å²) in [4.78, 5) is 13.8. The van der Waals surface area contributed by atoms with Gasteiger partial charge in [-0.1, -0.05) is 6.07 Å². The number of carbonyl (C=O) groups excluding carboxylic acids is 1. The topological polar surface area (TPSA) is 44.4 Å². The van der Waals surface area contributed by atoms with Crippen molar-refractivity contribution in [2.24, 2.45) is 0 Å². The van der Waals surface area contributed by atoms with E-state index in [-0.39, 0.29) is 24.6 Å². The molecule has 0 aromatic heterocycles. The molecule has 0 fully saturated rings. The zero-order valence-electron chi connectivity index (χ0n) is 13.1. The monoisotopic (exact) mass is 319 g/mol. The van der Waals surface area contributed by atoms with Crippen LogP contribution in [-0.4, -0.2) is 26.5 Å². The maximum absolute atomic E-state index is 13.4. The van der Waals surface area contributed by atoms with Gasteiger partial charge in [-0.15, -0.1) is 0 Å². The Balaban J connectivity index is 1.83. The lowest BCUT2D eigenvalue weighted by atomic mass is 10.2. The number of nitrogens with one attached hydrogen (secondary N) is 2. The van der Waals surface area contributed by atoms with E-state index < -0.39 is 11.6 Å². The van der Waals surface area contributed by atoms with Gasteiger partial charge in [-0.3, -0.25) is 4.79 Å². The first-order valence-corrected chi connectivity index (χ1v) is 7.22. The highest BCUT2D eigenvalue weighted by Gasteiger charge is 2.08. The van der Waals surface area contributed by atoms with E-state index in [9.17, 15) is 13.6 Å². The lowest BCUT2D eigenvalue weighted by molar-refractivity contribution is -0.115. The van der Waals surface area contributed by atoms with E-state index in [2.05, 4.69) is 10.6 Å². The average Bonchev–Trinajstić information content (AvgIpc) is 2.51. The Labute approximate surface area is 134 Å². The Kier molecular flexibility index (Phi) is 5.51. The minimum atomic E-state index is -0.676. The molecule has 0 aliphatic rings. The van der Waals surface area contributed by atoms with Crippen molar-refractivity contribution in [2.45, 2.75) is 6.42 Å². The van der Waals surface area contributed by atoms with Crippen LogP contribution in [-0.2, 0) is 4.79 Å². The van der Waals surface area contributed by atoms with Gasteiger partial charge in [-0.25, -0.2) is 8.78 Å². The molecule has 0 saturated carbocycles. The van der Waals surface area contributed by atoms with Crippen LogP contribution in [0.2, 0.25) is 0 Å². The van der Waals surface area contributed by atoms with E-state index in [1.165, 1.54) is 6.07 Å². The molecule has 0 atom stereocenters. The summed E-state index contributed by atoms with van der Waals surface area (Å²) in [6, 6.07) is 11.0. The fourth-order valence-corrected chi connectivity index (χ4v) is 2.03. The quantitative estimate of drug-likeness (QED) is 0.857. The third-order valence-corrected chi connectivity index (χ3v) is 3.28. The summed E-state index contributed by atoms with van der Waals surface area (Å²) in [5, 5.41) is 5.34. The Morgan fingerprint density at radius 2 is 1.65 bits per heavy atom. The number of para-hydroxylation sites is 1. The van der Waals surface area contributed by atoms with E-state index in [0.717, 1.165) is 17.8 Å². The number of nitrogens with zero attached hydrogens (tertiary/aromatic N) is 1. The molecule has 0 radical (unpaired) electrons. The van der Waals surface area contributed by atoms with Crippen molar-refractivity contribution < 1.29 is 13.6 Å². The van der Waals surface area contributed by atoms with Crippen LogP contribution in [0.3, 0.4) is 0 Å². The van der Waals surface area contributed by atoms with Gasteiger partial charge in [0.2, 0.25) is 5.91 Å². The predicted octanol–water partition coefficient (Wildman–Crippen LogP) is 3.47. The van der Waals surface area contributed by atoms with Crippen molar-refractivity contribution in [3.05, 3.63) is 54.1 Å². The number of benzene rings is 2. The van der Waals surface area contributed by atoms with E-state index in [1.807, 2.05) is 31.1 Å². The molecule has 0 heterocycles. The number of anilines is 3. The molecule has 6 heteroatoms. The summed E-state index contributed by atoms with van der Waals surface area (Å²) in [5.41, 5.74) is 1.49. The number of hydrogen-bond acceptors (Lipinski definition) is 3. The Bertz CT molecular complexity index is 652. The van der Waals surface area contributed by atoms with Crippen molar-refractivity contribution in [1.82, 2.24) is 0 Å². The van der Waals surface area contributed by atoms with Crippen LogP contribution < -0.4 is 15.5 Å². The van der Waals surface area contributed by atoms with Gasteiger partial charge in [-0.2, -0.15) is 0 Å². The van der Waals surface area contributed by atoms with Crippen molar-refractivity contribution in [3.63, 3.8) is 0 Å². The van der Waals surface area contributed by atoms with Gasteiger partial charge in [0, 0.05) is 38.4 Å². The molecule has 0 spiro atoms. The number of halogens is 2. The van der Waals surface area contributed by atoms with Crippen LogP contribution in [0.1, 0.15) is 6.42 Å². The molecule has 2 N–H and O–H groups in total. The highest BCUT2D eigenvalue weighted by Crippen LogP contribution is 2.18. The molecule has 2 aromatic carbocycles. The zero-order chi connectivity index (χ0) is 16.8. The second-order valence-corrected chi connectivity index (χ2v) is 5.26. The smallest absolute Gasteiger partial charge is 0.226 e. The van der Waals surface area contributed by atoms with Gasteiger partial charge in [-0.05, 0) is 36.4 Å². The number of hydrogen-bond donors (Lipinski definition) is 2. The highest BCUT2D eigenvalue weighted by atomic mass is 19.1.